The number of hydrogen-bond acceptors (Lipinski definition) is 1. The van der Waals surface area contributed by atoms with Crippen LogP contribution in [0, 0.1) is 0 Å². The smallest absolute Gasteiger partial charge is 0.314 e. The lowest BCUT2D eigenvalue weighted by Gasteiger charge is -2.13. The molecule has 0 saturated carbocycles. The fourth-order valence-corrected chi connectivity index (χ4v) is 1.07. The van der Waals surface area contributed by atoms with E-state index in [0.717, 1.165) is 5.56 Å². The molecule has 0 atom stereocenters. The molecule has 0 aromatic heterocycles. The van der Waals surface area contributed by atoms with E-state index in [0.29, 0.717) is 11.6 Å². The standard InChI is InChI=1S/C9H11ClN2O/c1-12(9(11)13)6-7-2-4-8(10)5-3-7/h2-5H,6H2,1H3,(H2,11,13). The number of rotatable bonds is 2. The molecule has 1 rings (SSSR count). The molecule has 0 spiro atoms. The van der Waals surface area contributed by atoms with Gasteiger partial charge in [0.2, 0.25) is 0 Å². The zero-order valence-electron chi connectivity index (χ0n) is 7.33. The van der Waals surface area contributed by atoms with Crippen molar-refractivity contribution in [1.82, 2.24) is 4.90 Å². The van der Waals surface area contributed by atoms with E-state index in [4.69, 9.17) is 17.3 Å². The Morgan fingerprint density at radius 3 is 2.46 bits per heavy atom. The molecule has 1 aromatic rings. The average molecular weight is 199 g/mol. The highest BCUT2D eigenvalue weighted by atomic mass is 35.5. The number of halogens is 1. The molecular formula is C9H11ClN2O. The van der Waals surface area contributed by atoms with Crippen molar-refractivity contribution in [2.24, 2.45) is 5.73 Å². The van der Waals surface area contributed by atoms with Crippen LogP contribution in [0.25, 0.3) is 0 Å². The summed E-state index contributed by atoms with van der Waals surface area (Å²) in [5.41, 5.74) is 6.08. The van der Waals surface area contributed by atoms with Crippen LogP contribution < -0.4 is 5.73 Å². The lowest BCUT2D eigenvalue weighted by atomic mass is 10.2. The van der Waals surface area contributed by atoms with E-state index < -0.39 is 6.03 Å². The highest BCUT2D eigenvalue weighted by Crippen LogP contribution is 2.10. The minimum absolute atomic E-state index is 0.435. The monoisotopic (exact) mass is 198 g/mol. The number of nitrogens with zero attached hydrogens (tertiary/aromatic N) is 1. The first-order chi connectivity index (χ1) is 6.09. The van der Waals surface area contributed by atoms with Crippen molar-refractivity contribution in [3.8, 4) is 0 Å². The van der Waals surface area contributed by atoms with Crippen LogP contribution in [-0.4, -0.2) is 18.0 Å². The third kappa shape index (κ3) is 2.95. The van der Waals surface area contributed by atoms with Gasteiger partial charge in [-0.3, -0.25) is 0 Å². The Kier molecular flexibility index (Phi) is 3.14. The third-order valence-electron chi connectivity index (χ3n) is 1.71. The topological polar surface area (TPSA) is 46.3 Å². The second kappa shape index (κ2) is 4.14. The van der Waals surface area contributed by atoms with Gasteiger partial charge in [-0.25, -0.2) is 4.79 Å². The van der Waals surface area contributed by atoms with E-state index in [9.17, 15) is 4.79 Å². The number of carbonyl (C=O) groups is 1. The minimum atomic E-state index is -0.435. The van der Waals surface area contributed by atoms with Gasteiger partial charge in [0, 0.05) is 18.6 Å². The molecule has 0 bridgehead atoms. The molecule has 0 radical (unpaired) electrons. The molecule has 0 aliphatic rings. The number of benzene rings is 1. The van der Waals surface area contributed by atoms with Crippen LogP contribution in [0.2, 0.25) is 5.02 Å². The van der Waals surface area contributed by atoms with Crippen LogP contribution >= 0.6 is 11.6 Å². The van der Waals surface area contributed by atoms with Gasteiger partial charge in [-0.05, 0) is 17.7 Å². The van der Waals surface area contributed by atoms with E-state index in [1.807, 2.05) is 12.1 Å². The Balaban J connectivity index is 2.64. The molecule has 0 fully saturated rings. The van der Waals surface area contributed by atoms with Gasteiger partial charge in [0.1, 0.15) is 0 Å². The molecule has 0 saturated heterocycles. The summed E-state index contributed by atoms with van der Waals surface area (Å²) in [6, 6.07) is 6.86. The largest absolute Gasteiger partial charge is 0.351 e. The number of amides is 2. The minimum Gasteiger partial charge on any atom is -0.351 e. The van der Waals surface area contributed by atoms with Crippen LogP contribution in [0.1, 0.15) is 5.56 Å². The number of hydrogen-bond donors (Lipinski definition) is 1. The molecule has 0 aliphatic carbocycles. The van der Waals surface area contributed by atoms with E-state index >= 15 is 0 Å². The van der Waals surface area contributed by atoms with Crippen LogP contribution in [0.5, 0.6) is 0 Å². The molecule has 70 valence electrons. The summed E-state index contributed by atoms with van der Waals surface area (Å²) >= 11 is 5.71. The normalized spacial score (nSPS) is 9.69. The van der Waals surface area contributed by atoms with E-state index in [2.05, 4.69) is 0 Å². The lowest BCUT2D eigenvalue weighted by Crippen LogP contribution is -2.31. The van der Waals surface area contributed by atoms with Crippen molar-refractivity contribution >= 4 is 17.6 Å². The molecule has 1 aromatic carbocycles. The molecule has 13 heavy (non-hydrogen) atoms. The predicted octanol–water partition coefficient (Wildman–Crippen LogP) is 1.85. The summed E-state index contributed by atoms with van der Waals surface area (Å²) in [7, 11) is 1.65. The number of carbonyl (C=O) groups excluding carboxylic acids is 1. The second-order valence-corrected chi connectivity index (χ2v) is 3.26. The Morgan fingerprint density at radius 2 is 2.00 bits per heavy atom. The summed E-state index contributed by atoms with van der Waals surface area (Å²) in [4.78, 5) is 12.1. The summed E-state index contributed by atoms with van der Waals surface area (Å²) in [5.74, 6) is 0. The van der Waals surface area contributed by atoms with Crippen molar-refractivity contribution in [3.63, 3.8) is 0 Å². The number of nitrogens with two attached hydrogens (primary N) is 1. The Bertz CT molecular complexity index is 297. The van der Waals surface area contributed by atoms with Crippen molar-refractivity contribution in [2.75, 3.05) is 7.05 Å². The van der Waals surface area contributed by atoms with E-state index in [1.165, 1.54) is 4.90 Å². The molecule has 4 heteroatoms. The van der Waals surface area contributed by atoms with Gasteiger partial charge in [-0.2, -0.15) is 0 Å². The summed E-state index contributed by atoms with van der Waals surface area (Å²) in [5, 5.41) is 0.686. The second-order valence-electron chi connectivity index (χ2n) is 2.82. The molecular weight excluding hydrogens is 188 g/mol. The molecule has 2 amide bonds. The highest BCUT2D eigenvalue weighted by Gasteiger charge is 2.03. The maximum Gasteiger partial charge on any atom is 0.314 e. The van der Waals surface area contributed by atoms with Gasteiger partial charge in [0.15, 0.2) is 0 Å². The Morgan fingerprint density at radius 1 is 1.46 bits per heavy atom. The molecule has 3 nitrogen and oxygen atoms in total. The van der Waals surface area contributed by atoms with Crippen molar-refractivity contribution in [1.29, 1.82) is 0 Å². The van der Waals surface area contributed by atoms with Gasteiger partial charge in [0.05, 0.1) is 0 Å². The average Bonchev–Trinajstić information content (AvgIpc) is 2.08. The van der Waals surface area contributed by atoms with Crippen LogP contribution in [-0.2, 0) is 6.54 Å². The number of urea groups is 1. The van der Waals surface area contributed by atoms with Crippen molar-refractivity contribution in [3.05, 3.63) is 34.9 Å². The molecule has 0 aliphatic heterocycles. The van der Waals surface area contributed by atoms with Gasteiger partial charge in [0.25, 0.3) is 0 Å². The Hall–Kier alpha value is -1.22. The summed E-state index contributed by atoms with van der Waals surface area (Å²) in [6.45, 7) is 0.506. The van der Waals surface area contributed by atoms with E-state index in [1.54, 1.807) is 19.2 Å². The molecule has 2 N–H and O–H groups in total. The third-order valence-corrected chi connectivity index (χ3v) is 1.96. The predicted molar refractivity (Wildman–Crippen MR) is 52.5 cm³/mol. The van der Waals surface area contributed by atoms with Gasteiger partial charge < -0.3 is 10.6 Å². The SMILES string of the molecule is CN(Cc1ccc(Cl)cc1)C(N)=O. The fraction of sp³-hybridized carbons (Fsp3) is 0.222. The van der Waals surface area contributed by atoms with E-state index in [-0.39, 0.29) is 0 Å². The maximum absolute atomic E-state index is 10.7. The van der Waals surface area contributed by atoms with Crippen molar-refractivity contribution in [2.45, 2.75) is 6.54 Å². The summed E-state index contributed by atoms with van der Waals surface area (Å²) < 4.78 is 0. The first-order valence-electron chi connectivity index (χ1n) is 3.84. The van der Waals surface area contributed by atoms with Gasteiger partial charge >= 0.3 is 6.03 Å². The highest BCUT2D eigenvalue weighted by molar-refractivity contribution is 6.30. The van der Waals surface area contributed by atoms with Crippen LogP contribution in [0.3, 0.4) is 0 Å². The van der Waals surface area contributed by atoms with Crippen LogP contribution in [0.4, 0.5) is 4.79 Å². The lowest BCUT2D eigenvalue weighted by molar-refractivity contribution is 0.216. The zero-order chi connectivity index (χ0) is 9.84. The quantitative estimate of drug-likeness (QED) is 0.775. The Labute approximate surface area is 82.1 Å². The molecule has 0 unspecified atom stereocenters. The molecule has 0 heterocycles. The van der Waals surface area contributed by atoms with Gasteiger partial charge in [-0.15, -0.1) is 0 Å². The van der Waals surface area contributed by atoms with Crippen LogP contribution in [0.15, 0.2) is 24.3 Å². The fourth-order valence-electron chi connectivity index (χ4n) is 0.942. The maximum atomic E-state index is 10.7. The van der Waals surface area contributed by atoms with Gasteiger partial charge in [-0.1, -0.05) is 23.7 Å². The zero-order valence-corrected chi connectivity index (χ0v) is 8.08. The first-order valence-corrected chi connectivity index (χ1v) is 4.22. The number of primary amides is 1. The van der Waals surface area contributed by atoms with Crippen molar-refractivity contribution < 1.29 is 4.79 Å². The summed E-state index contributed by atoms with van der Waals surface area (Å²) in [6.07, 6.45) is 0. The first kappa shape index (κ1) is 9.86.